The summed E-state index contributed by atoms with van der Waals surface area (Å²) in [6.45, 7) is 3.48. The fraction of sp³-hybridized carbons (Fsp3) is 0.357. The van der Waals surface area contributed by atoms with E-state index >= 15 is 0 Å². The average molecular weight is 384 g/mol. The molecule has 0 atom stereocenters. The Kier molecular flexibility index (Phi) is 5.66. The molecule has 0 aromatic carbocycles. The summed E-state index contributed by atoms with van der Waals surface area (Å²) < 4.78 is 6.23. The molecule has 6 heteroatoms. The molecule has 0 bridgehead atoms. The van der Waals surface area contributed by atoms with Crippen LogP contribution in [0.4, 0.5) is 5.82 Å². The number of aromatic nitrogens is 3. The fourth-order valence-electron chi connectivity index (χ4n) is 1.72. The van der Waals surface area contributed by atoms with Crippen LogP contribution in [0.15, 0.2) is 24.5 Å². The quantitative estimate of drug-likeness (QED) is 0.776. The zero-order valence-electron chi connectivity index (χ0n) is 11.6. The van der Waals surface area contributed by atoms with E-state index in [1.54, 1.807) is 19.5 Å². The standard InChI is InChI=1S/C14H17IN4O/c1-3-6-17-14-12(15)11(9-20-2)18-13(19-14)10-4-7-16-8-5-10/h4-5,7-8H,3,6,9H2,1-2H3,(H,17,18,19). The SMILES string of the molecule is CCCNc1nc(-c2ccncc2)nc(COC)c1I. The molecule has 0 saturated carbocycles. The highest BCUT2D eigenvalue weighted by Crippen LogP contribution is 2.24. The molecule has 0 fully saturated rings. The van der Waals surface area contributed by atoms with E-state index in [1.807, 2.05) is 12.1 Å². The second kappa shape index (κ2) is 7.49. The Morgan fingerprint density at radius 3 is 2.65 bits per heavy atom. The van der Waals surface area contributed by atoms with E-state index in [1.165, 1.54) is 0 Å². The first-order valence-electron chi connectivity index (χ1n) is 6.45. The van der Waals surface area contributed by atoms with Crippen molar-refractivity contribution in [3.8, 4) is 11.4 Å². The van der Waals surface area contributed by atoms with E-state index in [-0.39, 0.29) is 0 Å². The largest absolute Gasteiger partial charge is 0.378 e. The predicted molar refractivity (Wildman–Crippen MR) is 87.5 cm³/mol. The molecule has 0 aliphatic carbocycles. The second-order valence-corrected chi connectivity index (χ2v) is 5.33. The molecule has 2 aromatic rings. The molecule has 0 aliphatic rings. The third-order valence-corrected chi connectivity index (χ3v) is 3.82. The number of pyridine rings is 1. The highest BCUT2D eigenvalue weighted by molar-refractivity contribution is 14.1. The number of rotatable bonds is 6. The van der Waals surface area contributed by atoms with Crippen molar-refractivity contribution < 1.29 is 4.74 Å². The lowest BCUT2D eigenvalue weighted by Gasteiger charge is -2.12. The minimum atomic E-state index is 0.472. The third kappa shape index (κ3) is 3.63. The van der Waals surface area contributed by atoms with Crippen LogP contribution in [0.25, 0.3) is 11.4 Å². The lowest BCUT2D eigenvalue weighted by molar-refractivity contribution is 0.181. The number of nitrogens with zero attached hydrogens (tertiary/aromatic N) is 3. The second-order valence-electron chi connectivity index (χ2n) is 4.25. The van der Waals surface area contributed by atoms with Crippen LogP contribution < -0.4 is 5.32 Å². The molecule has 2 aromatic heterocycles. The van der Waals surface area contributed by atoms with Gasteiger partial charge in [0.15, 0.2) is 5.82 Å². The summed E-state index contributed by atoms with van der Waals surface area (Å²) in [5.41, 5.74) is 1.85. The highest BCUT2D eigenvalue weighted by Gasteiger charge is 2.13. The predicted octanol–water partition coefficient (Wildman–Crippen LogP) is 3.11. The minimum Gasteiger partial charge on any atom is -0.378 e. The molecule has 0 spiro atoms. The van der Waals surface area contributed by atoms with E-state index in [4.69, 9.17) is 4.74 Å². The van der Waals surface area contributed by atoms with Crippen LogP contribution in [-0.4, -0.2) is 28.6 Å². The van der Waals surface area contributed by atoms with Crippen molar-refractivity contribution in [1.29, 1.82) is 0 Å². The maximum atomic E-state index is 5.22. The van der Waals surface area contributed by atoms with Gasteiger partial charge in [-0.25, -0.2) is 9.97 Å². The van der Waals surface area contributed by atoms with Gasteiger partial charge in [0.05, 0.1) is 15.9 Å². The van der Waals surface area contributed by atoms with Gasteiger partial charge < -0.3 is 10.1 Å². The van der Waals surface area contributed by atoms with Crippen molar-refractivity contribution in [1.82, 2.24) is 15.0 Å². The monoisotopic (exact) mass is 384 g/mol. The van der Waals surface area contributed by atoms with Gasteiger partial charge in [-0.3, -0.25) is 4.98 Å². The lowest BCUT2D eigenvalue weighted by Crippen LogP contribution is -2.09. The summed E-state index contributed by atoms with van der Waals surface area (Å²) in [5.74, 6) is 1.56. The number of nitrogens with one attached hydrogen (secondary N) is 1. The first kappa shape index (κ1) is 15.1. The van der Waals surface area contributed by atoms with Gasteiger partial charge in [-0.2, -0.15) is 0 Å². The number of halogens is 1. The smallest absolute Gasteiger partial charge is 0.162 e. The Labute approximate surface area is 132 Å². The van der Waals surface area contributed by atoms with Gasteiger partial charge in [-0.1, -0.05) is 6.92 Å². The van der Waals surface area contributed by atoms with Gasteiger partial charge in [0, 0.05) is 31.6 Å². The highest BCUT2D eigenvalue weighted by atomic mass is 127. The Balaban J connectivity index is 2.44. The fourth-order valence-corrected chi connectivity index (χ4v) is 2.30. The van der Waals surface area contributed by atoms with Gasteiger partial charge in [0.1, 0.15) is 5.82 Å². The van der Waals surface area contributed by atoms with Crippen LogP contribution >= 0.6 is 22.6 Å². The summed E-state index contributed by atoms with van der Waals surface area (Å²) in [4.78, 5) is 13.2. The van der Waals surface area contributed by atoms with Crippen molar-refractivity contribution in [2.24, 2.45) is 0 Å². The molecular formula is C14H17IN4O. The Hall–Kier alpha value is -1.28. The van der Waals surface area contributed by atoms with Gasteiger partial charge >= 0.3 is 0 Å². The zero-order valence-corrected chi connectivity index (χ0v) is 13.7. The van der Waals surface area contributed by atoms with Crippen LogP contribution in [0.3, 0.4) is 0 Å². The number of methoxy groups -OCH3 is 1. The lowest BCUT2D eigenvalue weighted by atomic mass is 10.2. The molecule has 2 heterocycles. The van der Waals surface area contributed by atoms with E-state index in [2.05, 4.69) is 49.8 Å². The molecule has 2 rings (SSSR count). The maximum absolute atomic E-state index is 5.22. The Bertz CT molecular complexity index is 563. The maximum Gasteiger partial charge on any atom is 0.162 e. The van der Waals surface area contributed by atoms with Gasteiger partial charge in [0.2, 0.25) is 0 Å². The molecule has 106 valence electrons. The van der Waals surface area contributed by atoms with E-state index in [9.17, 15) is 0 Å². The summed E-state index contributed by atoms with van der Waals surface area (Å²) in [7, 11) is 1.67. The zero-order chi connectivity index (χ0) is 14.4. The van der Waals surface area contributed by atoms with Crippen LogP contribution in [0.5, 0.6) is 0 Å². The van der Waals surface area contributed by atoms with Crippen molar-refractivity contribution >= 4 is 28.4 Å². The minimum absolute atomic E-state index is 0.472. The van der Waals surface area contributed by atoms with E-state index in [0.29, 0.717) is 12.4 Å². The van der Waals surface area contributed by atoms with Crippen molar-refractivity contribution in [2.45, 2.75) is 20.0 Å². The van der Waals surface area contributed by atoms with Gasteiger partial charge in [-0.05, 0) is 41.1 Å². The number of hydrogen-bond acceptors (Lipinski definition) is 5. The molecule has 0 radical (unpaired) electrons. The van der Waals surface area contributed by atoms with E-state index in [0.717, 1.165) is 33.6 Å². The van der Waals surface area contributed by atoms with Gasteiger partial charge in [0.25, 0.3) is 0 Å². The first-order chi connectivity index (χ1) is 9.76. The van der Waals surface area contributed by atoms with Crippen molar-refractivity contribution in [3.05, 3.63) is 33.8 Å². The Morgan fingerprint density at radius 2 is 2.00 bits per heavy atom. The summed E-state index contributed by atoms with van der Waals surface area (Å²) >= 11 is 2.26. The molecule has 0 aliphatic heterocycles. The molecule has 5 nitrogen and oxygen atoms in total. The number of anilines is 1. The normalized spacial score (nSPS) is 10.6. The van der Waals surface area contributed by atoms with Crippen molar-refractivity contribution in [3.63, 3.8) is 0 Å². The third-order valence-electron chi connectivity index (χ3n) is 2.68. The summed E-state index contributed by atoms with van der Waals surface area (Å²) in [6.07, 6.45) is 4.53. The molecule has 20 heavy (non-hydrogen) atoms. The van der Waals surface area contributed by atoms with Crippen LogP contribution in [-0.2, 0) is 11.3 Å². The number of ether oxygens (including phenoxy) is 1. The number of hydrogen-bond donors (Lipinski definition) is 1. The molecule has 0 unspecified atom stereocenters. The molecule has 1 N–H and O–H groups in total. The van der Waals surface area contributed by atoms with Crippen molar-refractivity contribution in [2.75, 3.05) is 19.0 Å². The molecule has 0 amide bonds. The average Bonchev–Trinajstić information content (AvgIpc) is 2.49. The first-order valence-corrected chi connectivity index (χ1v) is 7.53. The molecular weight excluding hydrogens is 367 g/mol. The summed E-state index contributed by atoms with van der Waals surface area (Å²) in [5, 5.41) is 3.34. The summed E-state index contributed by atoms with van der Waals surface area (Å²) in [6, 6.07) is 3.81. The van der Waals surface area contributed by atoms with Crippen LogP contribution in [0.2, 0.25) is 0 Å². The topological polar surface area (TPSA) is 59.9 Å². The van der Waals surface area contributed by atoms with Crippen LogP contribution in [0, 0.1) is 3.57 Å². The van der Waals surface area contributed by atoms with Gasteiger partial charge in [-0.15, -0.1) is 0 Å². The van der Waals surface area contributed by atoms with Crippen LogP contribution in [0.1, 0.15) is 19.0 Å². The molecule has 0 saturated heterocycles. The Morgan fingerprint density at radius 1 is 1.25 bits per heavy atom. The van der Waals surface area contributed by atoms with E-state index < -0.39 is 0 Å².